The zero-order chi connectivity index (χ0) is 17.2. The zero-order valence-electron chi connectivity index (χ0n) is 14.4. The van der Waals surface area contributed by atoms with E-state index < -0.39 is 0 Å². The topological polar surface area (TPSA) is 29.9 Å². The molecule has 3 nitrogen and oxygen atoms in total. The van der Waals surface area contributed by atoms with Gasteiger partial charge in [0.05, 0.1) is 9.75 Å². The lowest BCUT2D eigenvalue weighted by Crippen LogP contribution is -2.21. The first-order chi connectivity index (χ1) is 11.5. The third-order valence-electron chi connectivity index (χ3n) is 3.67. The molecule has 122 valence electrons. The summed E-state index contributed by atoms with van der Waals surface area (Å²) in [7, 11) is 1.91. The molecule has 0 atom stereocenters. The maximum absolute atomic E-state index is 4.52. The van der Waals surface area contributed by atoms with Gasteiger partial charge in [-0.2, -0.15) is 0 Å². The van der Waals surface area contributed by atoms with E-state index in [2.05, 4.69) is 59.6 Å². The maximum atomic E-state index is 4.52. The van der Waals surface area contributed by atoms with E-state index in [1.807, 2.05) is 43.7 Å². The van der Waals surface area contributed by atoms with E-state index in [1.54, 1.807) is 11.3 Å². The van der Waals surface area contributed by atoms with Crippen molar-refractivity contribution < 1.29 is 0 Å². The Balaban J connectivity index is 1.87. The molecule has 4 heteroatoms. The van der Waals surface area contributed by atoms with Crippen molar-refractivity contribution in [1.29, 1.82) is 0 Å². The number of anilines is 1. The number of thiophene rings is 1. The molecule has 1 N–H and O–H groups in total. The number of aromatic nitrogens is 2. The van der Waals surface area contributed by atoms with Gasteiger partial charge in [0.15, 0.2) is 5.82 Å². The molecule has 2 heterocycles. The third-order valence-corrected chi connectivity index (χ3v) is 4.67. The first kappa shape index (κ1) is 16.4. The van der Waals surface area contributed by atoms with Crippen LogP contribution >= 0.6 is 11.3 Å². The predicted octanol–water partition coefficient (Wildman–Crippen LogP) is 4.81. The van der Waals surface area contributed by atoms with Crippen molar-refractivity contribution in [3.63, 3.8) is 0 Å². The van der Waals surface area contributed by atoms with Gasteiger partial charge in [0, 0.05) is 36.2 Å². The Morgan fingerprint density at radius 1 is 1.12 bits per heavy atom. The number of hydrogen-bond acceptors (Lipinski definition) is 3. The Hall–Kier alpha value is -2.51. The van der Waals surface area contributed by atoms with Crippen molar-refractivity contribution in [2.24, 2.45) is 0 Å². The van der Waals surface area contributed by atoms with E-state index in [0.29, 0.717) is 0 Å². The molecule has 0 amide bonds. The number of benzene rings is 1. The molecule has 0 aliphatic rings. The van der Waals surface area contributed by atoms with E-state index >= 15 is 0 Å². The molecule has 3 rings (SSSR count). The van der Waals surface area contributed by atoms with Gasteiger partial charge < -0.3 is 9.88 Å². The third kappa shape index (κ3) is 3.52. The summed E-state index contributed by atoms with van der Waals surface area (Å²) in [6.45, 7) is 6.55. The molecule has 24 heavy (non-hydrogen) atoms. The van der Waals surface area contributed by atoms with Gasteiger partial charge in [-0.25, -0.2) is 4.98 Å². The maximum Gasteiger partial charge on any atom is 0.150 e. The number of nitrogens with one attached hydrogen (secondary N) is 1. The van der Waals surface area contributed by atoms with Crippen LogP contribution in [-0.2, 0) is 5.54 Å². The van der Waals surface area contributed by atoms with E-state index in [4.69, 9.17) is 0 Å². The average Bonchev–Trinajstić information content (AvgIpc) is 3.21. The molecular weight excluding hydrogens is 314 g/mol. The van der Waals surface area contributed by atoms with Crippen molar-refractivity contribution in [2.75, 3.05) is 12.4 Å². The fourth-order valence-corrected chi connectivity index (χ4v) is 3.29. The van der Waals surface area contributed by atoms with Gasteiger partial charge in [-0.1, -0.05) is 17.9 Å². The molecule has 0 aliphatic heterocycles. The molecule has 0 saturated heterocycles. The number of imidazole rings is 1. The molecular formula is C20H21N3S. The molecule has 1 aromatic carbocycles. The molecule has 2 aromatic heterocycles. The Bertz CT molecular complexity index is 901. The summed E-state index contributed by atoms with van der Waals surface area (Å²) in [6, 6.07) is 12.3. The van der Waals surface area contributed by atoms with Crippen LogP contribution in [0.4, 0.5) is 5.69 Å². The summed E-state index contributed by atoms with van der Waals surface area (Å²) < 4.78 is 2.20. The largest absolute Gasteiger partial charge is 0.388 e. The van der Waals surface area contributed by atoms with Crippen LogP contribution in [0, 0.1) is 11.8 Å². The molecule has 0 radical (unpaired) electrons. The Morgan fingerprint density at radius 3 is 2.71 bits per heavy atom. The molecule has 0 unspecified atom stereocenters. The average molecular weight is 335 g/mol. The van der Waals surface area contributed by atoms with Crippen molar-refractivity contribution in [2.45, 2.75) is 26.3 Å². The fourth-order valence-electron chi connectivity index (χ4n) is 2.44. The number of hydrogen-bond donors (Lipinski definition) is 1. The Kier molecular flexibility index (Phi) is 4.46. The van der Waals surface area contributed by atoms with Crippen molar-refractivity contribution in [3.8, 4) is 22.5 Å². The minimum absolute atomic E-state index is 0.00918. The smallest absolute Gasteiger partial charge is 0.150 e. The predicted molar refractivity (Wildman–Crippen MR) is 103 cm³/mol. The molecule has 0 saturated carbocycles. The summed E-state index contributed by atoms with van der Waals surface area (Å²) in [5, 5.41) is 3.13. The van der Waals surface area contributed by atoms with Crippen molar-refractivity contribution >= 4 is 17.0 Å². The van der Waals surface area contributed by atoms with Crippen LogP contribution in [0.15, 0.2) is 48.8 Å². The lowest BCUT2D eigenvalue weighted by molar-refractivity contribution is 0.401. The minimum atomic E-state index is 0.00918. The second kappa shape index (κ2) is 6.54. The highest BCUT2D eigenvalue weighted by atomic mass is 32.1. The van der Waals surface area contributed by atoms with Crippen LogP contribution in [0.3, 0.4) is 0 Å². The van der Waals surface area contributed by atoms with Crippen LogP contribution in [0.1, 0.15) is 31.2 Å². The Morgan fingerprint density at radius 2 is 1.96 bits per heavy atom. The first-order valence-corrected chi connectivity index (χ1v) is 8.73. The van der Waals surface area contributed by atoms with Crippen molar-refractivity contribution in [3.05, 3.63) is 59.2 Å². The van der Waals surface area contributed by atoms with E-state index in [-0.39, 0.29) is 5.54 Å². The summed E-state index contributed by atoms with van der Waals surface area (Å²) >= 11 is 1.68. The van der Waals surface area contributed by atoms with Gasteiger partial charge in [0.1, 0.15) is 0 Å². The van der Waals surface area contributed by atoms with Gasteiger partial charge >= 0.3 is 0 Å². The van der Waals surface area contributed by atoms with Crippen LogP contribution in [0.25, 0.3) is 10.7 Å². The summed E-state index contributed by atoms with van der Waals surface area (Å²) in [4.78, 5) is 6.71. The molecule has 0 spiro atoms. The minimum Gasteiger partial charge on any atom is -0.388 e. The molecule has 0 fully saturated rings. The van der Waals surface area contributed by atoms with Crippen molar-refractivity contribution in [1.82, 2.24) is 9.55 Å². The zero-order valence-corrected chi connectivity index (χ0v) is 15.2. The normalized spacial score (nSPS) is 11.0. The summed E-state index contributed by atoms with van der Waals surface area (Å²) in [5.74, 6) is 7.49. The highest BCUT2D eigenvalue weighted by Gasteiger charge is 2.18. The van der Waals surface area contributed by atoms with Crippen LogP contribution in [-0.4, -0.2) is 16.6 Å². The summed E-state index contributed by atoms with van der Waals surface area (Å²) in [6.07, 6.45) is 3.89. The van der Waals surface area contributed by atoms with Gasteiger partial charge in [-0.3, -0.25) is 0 Å². The molecule has 3 aromatic rings. The standard InChI is InChI=1S/C20H21N3S/c1-20(2,3)23-13-12-22-19(23)18-11-10-17(24-18)9-8-15-6-5-7-16(14-15)21-4/h5-7,10-14,21H,1-4H3. The van der Waals surface area contributed by atoms with Crippen LogP contribution in [0.5, 0.6) is 0 Å². The number of rotatable bonds is 2. The highest BCUT2D eigenvalue weighted by Crippen LogP contribution is 2.30. The van der Waals surface area contributed by atoms with Gasteiger partial charge in [0.25, 0.3) is 0 Å². The van der Waals surface area contributed by atoms with Crippen LogP contribution in [0.2, 0.25) is 0 Å². The number of nitrogens with zero attached hydrogens (tertiary/aromatic N) is 2. The fraction of sp³-hybridized carbons (Fsp3) is 0.250. The van der Waals surface area contributed by atoms with Crippen LogP contribution < -0.4 is 5.32 Å². The summed E-state index contributed by atoms with van der Waals surface area (Å²) in [5.41, 5.74) is 2.09. The van der Waals surface area contributed by atoms with Gasteiger partial charge in [0.2, 0.25) is 0 Å². The van der Waals surface area contributed by atoms with Gasteiger partial charge in [-0.15, -0.1) is 11.3 Å². The lowest BCUT2D eigenvalue weighted by Gasteiger charge is -2.22. The van der Waals surface area contributed by atoms with Gasteiger partial charge in [-0.05, 0) is 51.1 Å². The molecule has 0 bridgehead atoms. The van der Waals surface area contributed by atoms with E-state index in [1.165, 1.54) is 0 Å². The lowest BCUT2D eigenvalue weighted by atomic mass is 10.1. The van der Waals surface area contributed by atoms with E-state index in [0.717, 1.165) is 26.8 Å². The SMILES string of the molecule is CNc1cccc(C#Cc2ccc(-c3nccn3C(C)(C)C)s2)c1. The Labute approximate surface area is 147 Å². The quantitative estimate of drug-likeness (QED) is 0.681. The first-order valence-electron chi connectivity index (χ1n) is 7.91. The highest BCUT2D eigenvalue weighted by molar-refractivity contribution is 7.15. The second-order valence-corrected chi connectivity index (χ2v) is 7.62. The monoisotopic (exact) mass is 335 g/mol. The van der Waals surface area contributed by atoms with E-state index in [9.17, 15) is 0 Å². The molecule has 0 aliphatic carbocycles. The second-order valence-electron chi connectivity index (χ2n) is 6.54.